The third kappa shape index (κ3) is 4.61. The Kier molecular flexibility index (Phi) is 6.93. The number of amides is 1. The number of rotatable bonds is 6. The first-order chi connectivity index (χ1) is 17.0. The van der Waals surface area contributed by atoms with Crippen molar-refractivity contribution in [3.8, 4) is 11.5 Å². The number of carbonyl (C=O) groups excluding carboxylic acids is 2. The van der Waals surface area contributed by atoms with E-state index in [0.29, 0.717) is 41.7 Å². The van der Waals surface area contributed by atoms with Crippen molar-refractivity contribution in [2.24, 2.45) is 0 Å². The molecule has 0 spiro atoms. The van der Waals surface area contributed by atoms with E-state index in [4.69, 9.17) is 21.7 Å². The Balaban J connectivity index is 1.24. The summed E-state index contributed by atoms with van der Waals surface area (Å²) in [5.74, 6) is 1.61. The Morgan fingerprint density at radius 2 is 1.77 bits per heavy atom. The molecular weight excluding hydrogens is 466 g/mol. The molecule has 35 heavy (non-hydrogen) atoms. The number of ether oxygens (including phenoxy) is 2. The predicted octanol–water partition coefficient (Wildman–Crippen LogP) is 3.47. The molecule has 10 heteroatoms. The quantitative estimate of drug-likeness (QED) is 0.605. The molecule has 1 amide bonds. The molecule has 1 saturated heterocycles. The normalized spacial score (nSPS) is 21.1. The standard InChI is InChI=1S/C25H33N5O4S/c1-33-20-14-17-19(15-21(20)34-2)27-25(35)30-23(17)26-18(24(30)32)8-9-22(31)29-12-10-28(11-13-29)16-6-4-3-5-7-16/h14-16,18,26H,3-13H2,1-2H3. The van der Waals surface area contributed by atoms with Crippen LogP contribution in [0.2, 0.25) is 0 Å². The maximum atomic E-state index is 13.2. The van der Waals surface area contributed by atoms with Crippen molar-refractivity contribution < 1.29 is 19.1 Å². The lowest BCUT2D eigenvalue weighted by Gasteiger charge is -2.40. The smallest absolute Gasteiger partial charge is 0.257 e. The molecule has 1 atom stereocenters. The van der Waals surface area contributed by atoms with Crippen LogP contribution in [0.5, 0.6) is 11.5 Å². The van der Waals surface area contributed by atoms with Crippen molar-refractivity contribution in [3.63, 3.8) is 0 Å². The van der Waals surface area contributed by atoms with E-state index in [1.54, 1.807) is 26.4 Å². The summed E-state index contributed by atoms with van der Waals surface area (Å²) in [6.07, 6.45) is 7.30. The summed E-state index contributed by atoms with van der Waals surface area (Å²) in [6.45, 7) is 3.42. The summed E-state index contributed by atoms with van der Waals surface area (Å²) in [5.41, 5.74) is 0.617. The number of carbonyl (C=O) groups is 2. The molecule has 188 valence electrons. The van der Waals surface area contributed by atoms with Crippen LogP contribution in [0.3, 0.4) is 0 Å². The Labute approximate surface area is 210 Å². The first-order valence-corrected chi connectivity index (χ1v) is 12.9. The second-order valence-corrected chi connectivity index (χ2v) is 9.95. The second kappa shape index (κ2) is 10.1. The number of piperazine rings is 1. The van der Waals surface area contributed by atoms with Gasteiger partial charge in [-0.1, -0.05) is 19.3 Å². The second-order valence-electron chi connectivity index (χ2n) is 9.59. The number of nitrogens with one attached hydrogen (secondary N) is 1. The Morgan fingerprint density at radius 1 is 1.09 bits per heavy atom. The Hall–Kier alpha value is -2.72. The number of nitrogens with zero attached hydrogens (tertiary/aromatic N) is 4. The van der Waals surface area contributed by atoms with Crippen LogP contribution in [0.15, 0.2) is 12.1 Å². The molecule has 2 aromatic rings. The molecule has 3 heterocycles. The third-order valence-corrected chi connectivity index (χ3v) is 7.90. The fraction of sp³-hybridized carbons (Fsp3) is 0.600. The van der Waals surface area contributed by atoms with Gasteiger partial charge in [0.1, 0.15) is 11.9 Å². The van der Waals surface area contributed by atoms with E-state index < -0.39 is 6.04 Å². The number of methoxy groups -OCH3 is 2. The monoisotopic (exact) mass is 499 g/mol. The van der Waals surface area contributed by atoms with Crippen molar-refractivity contribution in [3.05, 3.63) is 16.9 Å². The highest BCUT2D eigenvalue weighted by molar-refractivity contribution is 7.71. The lowest BCUT2D eigenvalue weighted by molar-refractivity contribution is -0.133. The topological polar surface area (TPSA) is 88.9 Å². The molecule has 1 aliphatic carbocycles. The highest BCUT2D eigenvalue weighted by atomic mass is 32.1. The van der Waals surface area contributed by atoms with Gasteiger partial charge in [-0.2, -0.15) is 0 Å². The maximum Gasteiger partial charge on any atom is 0.257 e. The largest absolute Gasteiger partial charge is 0.493 e. The molecule has 0 bridgehead atoms. The van der Waals surface area contributed by atoms with Crippen LogP contribution < -0.4 is 14.8 Å². The summed E-state index contributed by atoms with van der Waals surface area (Å²) >= 11 is 5.42. The summed E-state index contributed by atoms with van der Waals surface area (Å²) in [5, 5.41) is 4.02. The third-order valence-electron chi connectivity index (χ3n) is 7.62. The van der Waals surface area contributed by atoms with Crippen molar-refractivity contribution in [2.45, 2.75) is 57.0 Å². The molecule has 1 N–H and O–H groups in total. The summed E-state index contributed by atoms with van der Waals surface area (Å²) in [7, 11) is 3.12. The number of anilines is 1. The summed E-state index contributed by atoms with van der Waals surface area (Å²) < 4.78 is 12.4. The number of hydrogen-bond acceptors (Lipinski definition) is 8. The van der Waals surface area contributed by atoms with E-state index in [0.717, 1.165) is 31.6 Å². The van der Waals surface area contributed by atoms with Gasteiger partial charge in [0.25, 0.3) is 5.91 Å². The van der Waals surface area contributed by atoms with Crippen LogP contribution in [0, 0.1) is 4.77 Å². The molecule has 1 saturated carbocycles. The molecule has 1 unspecified atom stereocenters. The molecule has 9 nitrogen and oxygen atoms in total. The fourth-order valence-electron chi connectivity index (χ4n) is 5.65. The van der Waals surface area contributed by atoms with E-state index in [2.05, 4.69) is 15.2 Å². The zero-order chi connectivity index (χ0) is 24.5. The number of aromatic nitrogens is 2. The van der Waals surface area contributed by atoms with Gasteiger partial charge in [-0.05, 0) is 37.5 Å². The SMILES string of the molecule is COc1cc2nc(=S)n3c(c2cc1OC)NC(CCC(=O)N1CCN(C2CCCCC2)CC1)C3=O. The first kappa shape index (κ1) is 24.0. The molecular formula is C25H33N5O4S. The van der Waals surface area contributed by atoms with Crippen molar-refractivity contribution >= 4 is 40.8 Å². The van der Waals surface area contributed by atoms with E-state index in [1.807, 2.05) is 4.90 Å². The van der Waals surface area contributed by atoms with E-state index >= 15 is 0 Å². The van der Waals surface area contributed by atoms with Crippen LogP contribution in [-0.2, 0) is 4.79 Å². The molecule has 3 aliphatic rings. The van der Waals surface area contributed by atoms with Crippen LogP contribution in [-0.4, -0.2) is 83.6 Å². The van der Waals surface area contributed by atoms with Gasteiger partial charge in [0, 0.05) is 50.1 Å². The Bertz CT molecular complexity index is 1180. The minimum atomic E-state index is -0.523. The van der Waals surface area contributed by atoms with Crippen LogP contribution in [0.4, 0.5) is 5.82 Å². The van der Waals surface area contributed by atoms with Crippen molar-refractivity contribution in [2.75, 3.05) is 45.7 Å². The lowest BCUT2D eigenvalue weighted by Crippen LogP contribution is -2.52. The molecule has 2 aliphatic heterocycles. The summed E-state index contributed by atoms with van der Waals surface area (Å²) in [4.78, 5) is 35.0. The van der Waals surface area contributed by atoms with Gasteiger partial charge in [0.05, 0.1) is 19.7 Å². The maximum absolute atomic E-state index is 13.2. The highest BCUT2D eigenvalue weighted by Gasteiger charge is 2.34. The fourth-order valence-corrected chi connectivity index (χ4v) is 5.93. The Morgan fingerprint density at radius 3 is 2.46 bits per heavy atom. The van der Waals surface area contributed by atoms with Crippen LogP contribution >= 0.6 is 12.2 Å². The number of hydrogen-bond donors (Lipinski definition) is 1. The van der Waals surface area contributed by atoms with Crippen molar-refractivity contribution in [1.29, 1.82) is 0 Å². The summed E-state index contributed by atoms with van der Waals surface area (Å²) in [6, 6.07) is 3.71. The van der Waals surface area contributed by atoms with Crippen molar-refractivity contribution in [1.82, 2.24) is 19.4 Å². The van der Waals surface area contributed by atoms with Gasteiger partial charge in [0.15, 0.2) is 11.5 Å². The van der Waals surface area contributed by atoms with E-state index in [9.17, 15) is 9.59 Å². The lowest BCUT2D eigenvalue weighted by atomic mass is 9.94. The van der Waals surface area contributed by atoms with Gasteiger partial charge in [-0.15, -0.1) is 0 Å². The van der Waals surface area contributed by atoms with E-state index in [-0.39, 0.29) is 16.6 Å². The minimum Gasteiger partial charge on any atom is -0.493 e. The van der Waals surface area contributed by atoms with Crippen LogP contribution in [0.25, 0.3) is 10.9 Å². The van der Waals surface area contributed by atoms with Gasteiger partial charge in [-0.3, -0.25) is 14.5 Å². The molecule has 5 rings (SSSR count). The average Bonchev–Trinajstić information content (AvgIpc) is 3.24. The predicted molar refractivity (Wildman–Crippen MR) is 136 cm³/mol. The van der Waals surface area contributed by atoms with Gasteiger partial charge in [-0.25, -0.2) is 9.55 Å². The zero-order valence-corrected chi connectivity index (χ0v) is 21.2. The molecule has 1 aromatic heterocycles. The van der Waals surface area contributed by atoms with Gasteiger partial charge in [0.2, 0.25) is 10.7 Å². The number of fused-ring (bicyclic) bond motifs is 3. The van der Waals surface area contributed by atoms with Crippen LogP contribution in [0.1, 0.15) is 49.7 Å². The zero-order valence-electron chi connectivity index (χ0n) is 20.4. The molecule has 0 radical (unpaired) electrons. The minimum absolute atomic E-state index is 0.108. The molecule has 2 fully saturated rings. The highest BCUT2D eigenvalue weighted by Crippen LogP contribution is 2.37. The first-order valence-electron chi connectivity index (χ1n) is 12.5. The average molecular weight is 500 g/mol. The number of benzene rings is 1. The van der Waals surface area contributed by atoms with Gasteiger partial charge < -0.3 is 19.7 Å². The van der Waals surface area contributed by atoms with Gasteiger partial charge >= 0.3 is 0 Å². The van der Waals surface area contributed by atoms with E-state index in [1.165, 1.54) is 36.7 Å². The molecule has 1 aromatic carbocycles.